The Morgan fingerprint density at radius 2 is 2.07 bits per heavy atom. The first-order valence-corrected chi connectivity index (χ1v) is 5.08. The molecule has 3 nitrogen and oxygen atoms in total. The Morgan fingerprint density at radius 1 is 1.36 bits per heavy atom. The molecule has 2 rings (SSSR count). The zero-order chi connectivity index (χ0) is 10.1. The van der Waals surface area contributed by atoms with Crippen molar-refractivity contribution in [1.29, 1.82) is 0 Å². The molecule has 0 radical (unpaired) electrons. The van der Waals surface area contributed by atoms with E-state index in [0.29, 0.717) is 0 Å². The molecule has 0 aliphatic carbocycles. The molecule has 0 saturated carbocycles. The number of methoxy groups -OCH3 is 2. The van der Waals surface area contributed by atoms with Gasteiger partial charge in [0.15, 0.2) is 11.5 Å². The van der Waals surface area contributed by atoms with Crippen molar-refractivity contribution in [1.82, 2.24) is 0 Å². The van der Waals surface area contributed by atoms with Gasteiger partial charge in [-0.3, -0.25) is 0 Å². The van der Waals surface area contributed by atoms with Crippen LogP contribution in [0.15, 0.2) is 16.6 Å². The van der Waals surface area contributed by atoms with Gasteiger partial charge in [-0.1, -0.05) is 15.9 Å². The van der Waals surface area contributed by atoms with Gasteiger partial charge in [0.1, 0.15) is 6.10 Å². The molecule has 1 aromatic carbocycles. The molecule has 1 aliphatic rings. The third-order valence-corrected chi connectivity index (χ3v) is 2.61. The molecule has 0 spiro atoms. The van der Waals surface area contributed by atoms with Crippen LogP contribution in [0.1, 0.15) is 11.7 Å². The van der Waals surface area contributed by atoms with E-state index in [2.05, 4.69) is 15.9 Å². The van der Waals surface area contributed by atoms with E-state index < -0.39 is 0 Å². The molecule has 1 unspecified atom stereocenters. The Labute approximate surface area is 91.1 Å². The van der Waals surface area contributed by atoms with Crippen LogP contribution >= 0.6 is 15.9 Å². The van der Waals surface area contributed by atoms with Crippen LogP contribution in [-0.4, -0.2) is 20.8 Å². The van der Waals surface area contributed by atoms with Crippen molar-refractivity contribution in [3.8, 4) is 11.5 Å². The Balaban J connectivity index is 2.49. The normalized spacial score (nSPS) is 19.2. The van der Waals surface area contributed by atoms with Crippen molar-refractivity contribution < 1.29 is 14.2 Å². The largest absolute Gasteiger partial charge is 0.493 e. The van der Waals surface area contributed by atoms with Gasteiger partial charge in [-0.25, -0.2) is 0 Å². The molecule has 4 heteroatoms. The molecule has 1 aliphatic heterocycles. The van der Waals surface area contributed by atoms with E-state index in [1.807, 2.05) is 12.1 Å². The van der Waals surface area contributed by atoms with Crippen LogP contribution in [-0.2, 0) is 4.74 Å². The number of hydrogen-bond donors (Lipinski definition) is 0. The van der Waals surface area contributed by atoms with Crippen molar-refractivity contribution in [2.24, 2.45) is 0 Å². The number of halogens is 1. The van der Waals surface area contributed by atoms with Crippen molar-refractivity contribution in [3.05, 3.63) is 22.2 Å². The van der Waals surface area contributed by atoms with Gasteiger partial charge in [-0.2, -0.15) is 0 Å². The van der Waals surface area contributed by atoms with E-state index >= 15 is 0 Å². The fraction of sp³-hybridized carbons (Fsp3) is 0.400. The number of ether oxygens (including phenoxy) is 3. The third kappa shape index (κ3) is 1.72. The summed E-state index contributed by atoms with van der Waals surface area (Å²) < 4.78 is 16.7. The van der Waals surface area contributed by atoms with Crippen LogP contribution in [0.5, 0.6) is 11.5 Å². The van der Waals surface area contributed by atoms with Gasteiger partial charge >= 0.3 is 0 Å². The Kier molecular flexibility index (Phi) is 2.65. The standard InChI is InChI=1S/C10H11BrO3/c1-12-8-4-6(11)3-7(9-5-14-9)10(8)13-2/h3-4,9H,5H2,1-2H3. The molecule has 0 aromatic heterocycles. The minimum absolute atomic E-state index is 0.163. The Hall–Kier alpha value is -0.740. The molecule has 1 aromatic rings. The van der Waals surface area contributed by atoms with Gasteiger partial charge in [0.2, 0.25) is 0 Å². The van der Waals surface area contributed by atoms with E-state index in [1.54, 1.807) is 14.2 Å². The van der Waals surface area contributed by atoms with Crippen LogP contribution < -0.4 is 9.47 Å². The highest BCUT2D eigenvalue weighted by atomic mass is 79.9. The fourth-order valence-electron chi connectivity index (χ4n) is 1.43. The maximum absolute atomic E-state index is 5.30. The summed E-state index contributed by atoms with van der Waals surface area (Å²) in [7, 11) is 3.26. The molecular formula is C10H11BrO3. The summed E-state index contributed by atoms with van der Waals surface area (Å²) in [6, 6.07) is 3.88. The molecule has 0 amide bonds. The predicted molar refractivity (Wildman–Crippen MR) is 55.9 cm³/mol. The summed E-state index contributed by atoms with van der Waals surface area (Å²) >= 11 is 3.42. The van der Waals surface area contributed by atoms with Crippen molar-refractivity contribution in [2.45, 2.75) is 6.10 Å². The predicted octanol–water partition coefficient (Wildman–Crippen LogP) is 2.54. The highest BCUT2D eigenvalue weighted by Gasteiger charge is 2.30. The quantitative estimate of drug-likeness (QED) is 0.781. The first-order chi connectivity index (χ1) is 6.76. The second-order valence-electron chi connectivity index (χ2n) is 3.05. The smallest absolute Gasteiger partial charge is 0.166 e. The third-order valence-electron chi connectivity index (χ3n) is 2.15. The van der Waals surface area contributed by atoms with Gasteiger partial charge in [0, 0.05) is 10.0 Å². The minimum Gasteiger partial charge on any atom is -0.493 e. The number of hydrogen-bond acceptors (Lipinski definition) is 3. The molecule has 0 N–H and O–H groups in total. The highest BCUT2D eigenvalue weighted by Crippen LogP contribution is 2.43. The lowest BCUT2D eigenvalue weighted by molar-refractivity contribution is 0.343. The monoisotopic (exact) mass is 258 g/mol. The second kappa shape index (κ2) is 3.79. The Bertz CT molecular complexity index is 347. The van der Waals surface area contributed by atoms with Crippen LogP contribution in [0.2, 0.25) is 0 Å². The van der Waals surface area contributed by atoms with Gasteiger partial charge in [-0.05, 0) is 12.1 Å². The van der Waals surface area contributed by atoms with E-state index in [9.17, 15) is 0 Å². The summed E-state index contributed by atoms with van der Waals surface area (Å²) in [6.07, 6.45) is 0.163. The SMILES string of the molecule is COc1cc(Br)cc(C2CO2)c1OC. The van der Waals surface area contributed by atoms with Crippen LogP contribution in [0.4, 0.5) is 0 Å². The molecule has 1 atom stereocenters. The zero-order valence-corrected chi connectivity index (χ0v) is 9.63. The fourth-order valence-corrected chi connectivity index (χ4v) is 1.88. The number of epoxide rings is 1. The summed E-state index contributed by atoms with van der Waals surface area (Å²) in [4.78, 5) is 0. The molecule has 14 heavy (non-hydrogen) atoms. The first kappa shape index (κ1) is 9.80. The van der Waals surface area contributed by atoms with Crippen molar-refractivity contribution >= 4 is 15.9 Å². The number of benzene rings is 1. The van der Waals surface area contributed by atoms with E-state index in [1.165, 1.54) is 0 Å². The van der Waals surface area contributed by atoms with Gasteiger partial charge in [-0.15, -0.1) is 0 Å². The van der Waals surface area contributed by atoms with Crippen LogP contribution in [0.3, 0.4) is 0 Å². The number of rotatable bonds is 3. The maximum atomic E-state index is 5.30. The van der Waals surface area contributed by atoms with Crippen molar-refractivity contribution in [3.63, 3.8) is 0 Å². The lowest BCUT2D eigenvalue weighted by Gasteiger charge is -2.11. The topological polar surface area (TPSA) is 31.0 Å². The molecule has 1 heterocycles. The second-order valence-corrected chi connectivity index (χ2v) is 3.97. The lowest BCUT2D eigenvalue weighted by Crippen LogP contribution is -1.95. The molecule has 1 fully saturated rings. The molecule has 1 saturated heterocycles. The Morgan fingerprint density at radius 3 is 2.57 bits per heavy atom. The maximum Gasteiger partial charge on any atom is 0.166 e. The summed E-state index contributed by atoms with van der Waals surface area (Å²) in [5.74, 6) is 1.49. The van der Waals surface area contributed by atoms with Gasteiger partial charge < -0.3 is 14.2 Å². The lowest BCUT2D eigenvalue weighted by atomic mass is 10.1. The van der Waals surface area contributed by atoms with E-state index in [-0.39, 0.29) is 6.10 Å². The zero-order valence-electron chi connectivity index (χ0n) is 8.04. The highest BCUT2D eigenvalue weighted by molar-refractivity contribution is 9.10. The summed E-state index contributed by atoms with van der Waals surface area (Å²) in [6.45, 7) is 0.760. The first-order valence-electron chi connectivity index (χ1n) is 4.29. The van der Waals surface area contributed by atoms with Crippen LogP contribution in [0.25, 0.3) is 0 Å². The minimum atomic E-state index is 0.163. The van der Waals surface area contributed by atoms with Crippen molar-refractivity contribution in [2.75, 3.05) is 20.8 Å². The average Bonchev–Trinajstić information content (AvgIpc) is 2.99. The van der Waals surface area contributed by atoms with Gasteiger partial charge in [0.25, 0.3) is 0 Å². The molecule has 76 valence electrons. The van der Waals surface area contributed by atoms with Crippen LogP contribution in [0, 0.1) is 0 Å². The summed E-state index contributed by atoms with van der Waals surface area (Å²) in [5.41, 5.74) is 1.04. The van der Waals surface area contributed by atoms with Gasteiger partial charge in [0.05, 0.1) is 20.8 Å². The molecular weight excluding hydrogens is 248 g/mol. The van der Waals surface area contributed by atoms with E-state index in [4.69, 9.17) is 14.2 Å². The average molecular weight is 259 g/mol. The molecule has 0 bridgehead atoms. The van der Waals surface area contributed by atoms with E-state index in [0.717, 1.165) is 28.1 Å². The summed E-state index contributed by atoms with van der Waals surface area (Å²) in [5, 5.41) is 0.